The van der Waals surface area contributed by atoms with E-state index in [9.17, 15) is 4.79 Å². The molecule has 116 valence electrons. The zero-order chi connectivity index (χ0) is 15.6. The van der Waals surface area contributed by atoms with Gasteiger partial charge in [-0.05, 0) is 36.5 Å². The minimum Gasteiger partial charge on any atom is -0.497 e. The molecule has 1 saturated heterocycles. The maximum Gasteiger partial charge on any atom is 0.241 e. The van der Waals surface area contributed by atoms with Crippen molar-refractivity contribution in [3.8, 4) is 5.75 Å². The van der Waals surface area contributed by atoms with E-state index in [0.29, 0.717) is 0 Å². The largest absolute Gasteiger partial charge is 0.497 e. The summed E-state index contributed by atoms with van der Waals surface area (Å²) in [5, 5.41) is 3.38. The second-order valence-electron chi connectivity index (χ2n) is 6.91. The zero-order valence-corrected chi connectivity index (χ0v) is 13.6. The molecule has 0 saturated carbocycles. The van der Waals surface area contributed by atoms with Crippen molar-refractivity contribution in [1.82, 2.24) is 10.2 Å². The van der Waals surface area contributed by atoms with Crippen molar-refractivity contribution in [2.24, 2.45) is 5.41 Å². The molecule has 1 fully saturated rings. The molecule has 1 N–H and O–H groups in total. The maximum atomic E-state index is 12.4. The van der Waals surface area contributed by atoms with Gasteiger partial charge < -0.3 is 9.64 Å². The first-order valence-electron chi connectivity index (χ1n) is 7.52. The molecule has 0 bridgehead atoms. The first-order chi connectivity index (χ1) is 9.81. The minimum atomic E-state index is -0.138. The molecule has 1 aromatic rings. The van der Waals surface area contributed by atoms with E-state index in [0.717, 1.165) is 24.3 Å². The summed E-state index contributed by atoms with van der Waals surface area (Å²) < 4.78 is 5.29. The van der Waals surface area contributed by atoms with Gasteiger partial charge in [-0.2, -0.15) is 0 Å². The van der Waals surface area contributed by atoms with E-state index in [1.54, 1.807) is 7.11 Å². The summed E-state index contributed by atoms with van der Waals surface area (Å²) in [5.41, 5.74) is 1.28. The second kappa shape index (κ2) is 6.06. The topological polar surface area (TPSA) is 41.6 Å². The van der Waals surface area contributed by atoms with E-state index in [1.807, 2.05) is 36.1 Å². The SMILES string of the molecule is COc1cccc(C2NC(C)C(=O)N2CCC(C)(C)C)c1. The van der Waals surface area contributed by atoms with Crippen LogP contribution in [0.1, 0.15) is 45.8 Å². The highest BCUT2D eigenvalue weighted by molar-refractivity contribution is 5.84. The van der Waals surface area contributed by atoms with Crippen molar-refractivity contribution in [3.05, 3.63) is 29.8 Å². The van der Waals surface area contributed by atoms with E-state index in [4.69, 9.17) is 4.74 Å². The lowest BCUT2D eigenvalue weighted by Gasteiger charge is -2.28. The molecule has 4 heteroatoms. The molecule has 1 aliphatic heterocycles. The van der Waals surface area contributed by atoms with Crippen molar-refractivity contribution in [2.75, 3.05) is 13.7 Å². The summed E-state index contributed by atoms with van der Waals surface area (Å²) in [6.45, 7) is 9.29. The molecule has 0 spiro atoms. The summed E-state index contributed by atoms with van der Waals surface area (Å²) in [7, 11) is 1.66. The number of hydrogen-bond donors (Lipinski definition) is 1. The highest BCUT2D eigenvalue weighted by atomic mass is 16.5. The van der Waals surface area contributed by atoms with Gasteiger partial charge in [-0.3, -0.25) is 10.1 Å². The fraction of sp³-hybridized carbons (Fsp3) is 0.588. The summed E-state index contributed by atoms with van der Waals surface area (Å²) in [5.74, 6) is 0.990. The fourth-order valence-corrected chi connectivity index (χ4v) is 2.56. The molecule has 1 aliphatic rings. The van der Waals surface area contributed by atoms with Gasteiger partial charge >= 0.3 is 0 Å². The minimum absolute atomic E-state index is 0.0649. The van der Waals surface area contributed by atoms with Crippen LogP contribution >= 0.6 is 0 Å². The smallest absolute Gasteiger partial charge is 0.241 e. The third-order valence-electron chi connectivity index (χ3n) is 3.89. The number of hydrogen-bond acceptors (Lipinski definition) is 3. The molecule has 1 heterocycles. The Morgan fingerprint density at radius 1 is 1.33 bits per heavy atom. The van der Waals surface area contributed by atoms with Crippen LogP contribution in [0.2, 0.25) is 0 Å². The van der Waals surface area contributed by atoms with Gasteiger partial charge in [-0.1, -0.05) is 32.9 Å². The Morgan fingerprint density at radius 2 is 2.05 bits per heavy atom. The summed E-state index contributed by atoms with van der Waals surface area (Å²) in [4.78, 5) is 14.3. The molecule has 1 aromatic carbocycles. The number of nitrogens with one attached hydrogen (secondary N) is 1. The quantitative estimate of drug-likeness (QED) is 0.927. The number of rotatable bonds is 4. The molecule has 0 aliphatic carbocycles. The highest BCUT2D eigenvalue weighted by Crippen LogP contribution is 2.29. The number of benzene rings is 1. The molecule has 1 amide bonds. The standard InChI is InChI=1S/C17H26N2O2/c1-12-16(20)19(10-9-17(2,3)4)15(18-12)13-7-6-8-14(11-13)21-5/h6-8,11-12,15,18H,9-10H2,1-5H3. The van der Waals surface area contributed by atoms with Gasteiger partial charge in [0, 0.05) is 6.54 Å². The van der Waals surface area contributed by atoms with Crippen LogP contribution in [0, 0.1) is 5.41 Å². The number of amides is 1. The predicted octanol–water partition coefficient (Wildman–Crippen LogP) is 2.95. The van der Waals surface area contributed by atoms with Crippen molar-refractivity contribution in [3.63, 3.8) is 0 Å². The number of nitrogens with zero attached hydrogens (tertiary/aromatic N) is 1. The number of carbonyl (C=O) groups is 1. The number of ether oxygens (including phenoxy) is 1. The third-order valence-corrected chi connectivity index (χ3v) is 3.89. The average Bonchev–Trinajstić information content (AvgIpc) is 2.72. The number of carbonyl (C=O) groups excluding carboxylic acids is 1. The monoisotopic (exact) mass is 290 g/mol. The molecule has 4 nitrogen and oxygen atoms in total. The Hall–Kier alpha value is -1.55. The fourth-order valence-electron chi connectivity index (χ4n) is 2.56. The van der Waals surface area contributed by atoms with Crippen LogP contribution in [0.25, 0.3) is 0 Å². The highest BCUT2D eigenvalue weighted by Gasteiger charge is 2.37. The number of methoxy groups -OCH3 is 1. The van der Waals surface area contributed by atoms with Crippen LogP contribution in [0.4, 0.5) is 0 Å². The van der Waals surface area contributed by atoms with E-state index in [2.05, 4.69) is 26.1 Å². The Morgan fingerprint density at radius 3 is 2.67 bits per heavy atom. The van der Waals surface area contributed by atoms with Crippen LogP contribution in [0.3, 0.4) is 0 Å². The van der Waals surface area contributed by atoms with Crippen molar-refractivity contribution < 1.29 is 9.53 Å². The first-order valence-corrected chi connectivity index (χ1v) is 7.52. The second-order valence-corrected chi connectivity index (χ2v) is 6.91. The molecule has 21 heavy (non-hydrogen) atoms. The normalized spacial score (nSPS) is 22.7. The lowest BCUT2D eigenvalue weighted by Crippen LogP contribution is -2.33. The van der Waals surface area contributed by atoms with Crippen molar-refractivity contribution in [1.29, 1.82) is 0 Å². The van der Waals surface area contributed by atoms with Crippen LogP contribution in [-0.4, -0.2) is 30.5 Å². The van der Waals surface area contributed by atoms with E-state index in [1.165, 1.54) is 0 Å². The van der Waals surface area contributed by atoms with Gasteiger partial charge in [-0.15, -0.1) is 0 Å². The lowest BCUT2D eigenvalue weighted by atomic mass is 9.92. The summed E-state index contributed by atoms with van der Waals surface area (Å²) in [6, 6.07) is 7.78. The molecule has 0 radical (unpaired) electrons. The molecule has 2 atom stereocenters. The first kappa shape index (κ1) is 15.8. The molecule has 2 rings (SSSR count). The Bertz CT molecular complexity index is 508. The van der Waals surface area contributed by atoms with Crippen molar-refractivity contribution in [2.45, 2.75) is 46.3 Å². The average molecular weight is 290 g/mol. The Kier molecular flexibility index (Phi) is 4.57. The Labute approximate surface area is 127 Å². The van der Waals surface area contributed by atoms with Crippen LogP contribution in [0.5, 0.6) is 5.75 Å². The van der Waals surface area contributed by atoms with Gasteiger partial charge in [0.05, 0.1) is 13.2 Å². The lowest BCUT2D eigenvalue weighted by molar-refractivity contribution is -0.130. The van der Waals surface area contributed by atoms with E-state index in [-0.39, 0.29) is 23.5 Å². The van der Waals surface area contributed by atoms with E-state index >= 15 is 0 Å². The van der Waals surface area contributed by atoms with E-state index < -0.39 is 0 Å². The summed E-state index contributed by atoms with van der Waals surface area (Å²) >= 11 is 0. The van der Waals surface area contributed by atoms with Gasteiger partial charge in [0.25, 0.3) is 0 Å². The molecule has 0 aromatic heterocycles. The zero-order valence-electron chi connectivity index (χ0n) is 13.6. The molecular weight excluding hydrogens is 264 g/mol. The van der Waals surface area contributed by atoms with Gasteiger partial charge in [0.2, 0.25) is 5.91 Å². The van der Waals surface area contributed by atoms with Gasteiger partial charge in [0.1, 0.15) is 11.9 Å². The van der Waals surface area contributed by atoms with Gasteiger partial charge in [0.15, 0.2) is 0 Å². The van der Waals surface area contributed by atoms with Crippen LogP contribution in [-0.2, 0) is 4.79 Å². The summed E-state index contributed by atoms with van der Waals surface area (Å²) in [6.07, 6.45) is 0.915. The van der Waals surface area contributed by atoms with Crippen molar-refractivity contribution >= 4 is 5.91 Å². The van der Waals surface area contributed by atoms with Crippen LogP contribution < -0.4 is 10.1 Å². The predicted molar refractivity (Wildman–Crippen MR) is 84.1 cm³/mol. The molecular formula is C17H26N2O2. The Balaban J connectivity index is 2.20. The maximum absolute atomic E-state index is 12.4. The molecule has 2 unspecified atom stereocenters. The third kappa shape index (κ3) is 3.76. The van der Waals surface area contributed by atoms with Crippen LogP contribution in [0.15, 0.2) is 24.3 Å². The van der Waals surface area contributed by atoms with Gasteiger partial charge in [-0.25, -0.2) is 0 Å².